The largest absolute Gasteiger partial charge is 0.283 e. The molecule has 2 aromatic carbocycles. The van der Waals surface area contributed by atoms with E-state index in [0.29, 0.717) is 11.1 Å². The minimum absolute atomic E-state index is 0.152. The van der Waals surface area contributed by atoms with Crippen molar-refractivity contribution < 1.29 is 12.8 Å². The summed E-state index contributed by atoms with van der Waals surface area (Å²) in [5, 5.41) is 8.93. The normalized spacial score (nSPS) is 10.8. The van der Waals surface area contributed by atoms with Gasteiger partial charge < -0.3 is 0 Å². The van der Waals surface area contributed by atoms with Crippen molar-refractivity contribution in [1.29, 1.82) is 5.26 Å². The van der Waals surface area contributed by atoms with Crippen LogP contribution in [0.25, 0.3) is 0 Å². The van der Waals surface area contributed by atoms with Crippen molar-refractivity contribution in [2.75, 3.05) is 4.72 Å². The van der Waals surface area contributed by atoms with E-state index in [-0.39, 0.29) is 11.4 Å². The summed E-state index contributed by atoms with van der Waals surface area (Å²) >= 11 is 0. The Morgan fingerprint density at radius 2 is 1.90 bits per heavy atom. The first-order chi connectivity index (χ1) is 9.50. The van der Waals surface area contributed by atoms with Crippen LogP contribution in [0.4, 0.5) is 10.1 Å². The average Bonchev–Trinajstić information content (AvgIpc) is 2.38. The molecule has 0 amide bonds. The van der Waals surface area contributed by atoms with E-state index in [4.69, 9.17) is 5.26 Å². The van der Waals surface area contributed by atoms with Gasteiger partial charge in [0.2, 0.25) is 10.0 Å². The Hall–Kier alpha value is -2.39. The molecule has 0 heterocycles. The van der Waals surface area contributed by atoms with Crippen LogP contribution in [0, 0.1) is 17.1 Å². The molecule has 6 heteroatoms. The van der Waals surface area contributed by atoms with Gasteiger partial charge in [-0.2, -0.15) is 5.26 Å². The minimum Gasteiger partial charge on any atom is -0.283 e. The van der Waals surface area contributed by atoms with Crippen molar-refractivity contribution in [2.45, 2.75) is 5.75 Å². The van der Waals surface area contributed by atoms with Crippen molar-refractivity contribution in [3.05, 3.63) is 65.5 Å². The van der Waals surface area contributed by atoms with Crippen LogP contribution in [0.2, 0.25) is 0 Å². The molecule has 102 valence electrons. The fourth-order valence-corrected chi connectivity index (χ4v) is 2.95. The highest BCUT2D eigenvalue weighted by atomic mass is 32.2. The smallest absolute Gasteiger partial charge is 0.236 e. The molecule has 0 aliphatic heterocycles. The molecule has 0 aliphatic carbocycles. The van der Waals surface area contributed by atoms with E-state index >= 15 is 0 Å². The number of hydrogen-bond acceptors (Lipinski definition) is 3. The van der Waals surface area contributed by atoms with Gasteiger partial charge in [0.25, 0.3) is 0 Å². The molecule has 0 spiro atoms. The van der Waals surface area contributed by atoms with Gasteiger partial charge in [-0.15, -0.1) is 0 Å². The summed E-state index contributed by atoms with van der Waals surface area (Å²) in [6.07, 6.45) is 0. The van der Waals surface area contributed by atoms with E-state index in [1.807, 2.05) is 6.07 Å². The van der Waals surface area contributed by atoms with Gasteiger partial charge in [-0.25, -0.2) is 12.8 Å². The highest BCUT2D eigenvalue weighted by molar-refractivity contribution is 7.91. The Morgan fingerprint density at radius 3 is 2.60 bits per heavy atom. The monoisotopic (exact) mass is 290 g/mol. The number of halogens is 1. The fraction of sp³-hybridized carbons (Fsp3) is 0.0714. The molecule has 20 heavy (non-hydrogen) atoms. The number of anilines is 1. The van der Waals surface area contributed by atoms with Crippen molar-refractivity contribution >= 4 is 15.7 Å². The summed E-state index contributed by atoms with van der Waals surface area (Å²) in [5.41, 5.74) is 0.857. The minimum atomic E-state index is -3.70. The Kier molecular flexibility index (Phi) is 4.01. The highest BCUT2D eigenvalue weighted by Crippen LogP contribution is 2.16. The molecule has 2 rings (SSSR count). The number of benzene rings is 2. The third-order valence-electron chi connectivity index (χ3n) is 2.58. The average molecular weight is 290 g/mol. The van der Waals surface area contributed by atoms with Crippen LogP contribution in [-0.2, 0) is 15.8 Å². The van der Waals surface area contributed by atoms with Gasteiger partial charge in [0.15, 0.2) is 0 Å². The third-order valence-corrected chi connectivity index (χ3v) is 3.82. The van der Waals surface area contributed by atoms with Gasteiger partial charge in [-0.1, -0.05) is 24.3 Å². The zero-order valence-corrected chi connectivity index (χ0v) is 11.2. The van der Waals surface area contributed by atoms with Crippen LogP contribution in [0.5, 0.6) is 0 Å². The highest BCUT2D eigenvalue weighted by Gasteiger charge is 2.14. The lowest BCUT2D eigenvalue weighted by Crippen LogP contribution is -2.15. The summed E-state index contributed by atoms with van der Waals surface area (Å²) in [6.45, 7) is 0. The number of sulfonamides is 1. The van der Waals surface area contributed by atoms with Crippen molar-refractivity contribution in [3.63, 3.8) is 0 Å². The maximum absolute atomic E-state index is 13.0. The Bertz CT molecular complexity index is 767. The molecule has 0 unspecified atom stereocenters. The van der Waals surface area contributed by atoms with E-state index in [1.165, 1.54) is 18.2 Å². The summed E-state index contributed by atoms with van der Waals surface area (Å²) in [4.78, 5) is 0. The molecule has 0 bridgehead atoms. The second-order valence-electron chi connectivity index (χ2n) is 4.14. The third kappa shape index (κ3) is 3.56. The predicted molar refractivity (Wildman–Crippen MR) is 73.8 cm³/mol. The van der Waals surface area contributed by atoms with Gasteiger partial charge in [-0.05, 0) is 29.8 Å². The van der Waals surface area contributed by atoms with E-state index < -0.39 is 15.8 Å². The van der Waals surface area contributed by atoms with Crippen LogP contribution in [-0.4, -0.2) is 8.42 Å². The molecule has 0 aliphatic rings. The first-order valence-corrected chi connectivity index (χ1v) is 7.39. The van der Waals surface area contributed by atoms with Gasteiger partial charge >= 0.3 is 0 Å². The Balaban J connectivity index is 2.22. The zero-order valence-electron chi connectivity index (χ0n) is 10.4. The first-order valence-electron chi connectivity index (χ1n) is 5.74. The van der Waals surface area contributed by atoms with Crippen LogP contribution in [0.3, 0.4) is 0 Å². The topological polar surface area (TPSA) is 70.0 Å². The summed E-state index contributed by atoms with van der Waals surface area (Å²) < 4.78 is 39.3. The Labute approximate surface area is 116 Å². The van der Waals surface area contributed by atoms with Gasteiger partial charge in [0, 0.05) is 0 Å². The van der Waals surface area contributed by atoms with E-state index in [0.717, 1.165) is 6.07 Å². The second-order valence-corrected chi connectivity index (χ2v) is 5.86. The van der Waals surface area contributed by atoms with Crippen LogP contribution in [0.15, 0.2) is 48.5 Å². The quantitative estimate of drug-likeness (QED) is 0.941. The molecular weight excluding hydrogens is 279 g/mol. The molecule has 2 aromatic rings. The first kappa shape index (κ1) is 14.0. The number of hydrogen-bond donors (Lipinski definition) is 1. The number of nitrogens with zero attached hydrogens (tertiary/aromatic N) is 1. The molecule has 0 aromatic heterocycles. The summed E-state index contributed by atoms with van der Waals surface area (Å²) in [6, 6.07) is 13.6. The van der Waals surface area contributed by atoms with Crippen molar-refractivity contribution in [2.24, 2.45) is 0 Å². The fourth-order valence-electron chi connectivity index (χ4n) is 1.73. The molecule has 0 atom stereocenters. The second kappa shape index (κ2) is 5.72. The molecule has 0 radical (unpaired) electrons. The number of nitrogens with one attached hydrogen (secondary N) is 1. The number of nitriles is 1. The molecule has 4 nitrogen and oxygen atoms in total. The molecule has 0 saturated heterocycles. The molecule has 1 N–H and O–H groups in total. The Morgan fingerprint density at radius 1 is 1.15 bits per heavy atom. The summed E-state index contributed by atoms with van der Waals surface area (Å²) in [5.74, 6) is -0.865. The lowest BCUT2D eigenvalue weighted by atomic mass is 10.1. The van der Waals surface area contributed by atoms with Crippen LogP contribution in [0.1, 0.15) is 11.1 Å². The predicted octanol–water partition coefficient (Wildman–Crippen LogP) is 2.64. The SMILES string of the molecule is N#Cc1ccccc1CS(=O)(=O)Nc1cccc(F)c1. The molecule has 0 fully saturated rings. The van der Waals surface area contributed by atoms with E-state index in [2.05, 4.69) is 4.72 Å². The van der Waals surface area contributed by atoms with Gasteiger partial charge in [-0.3, -0.25) is 4.72 Å². The maximum Gasteiger partial charge on any atom is 0.236 e. The van der Waals surface area contributed by atoms with Crippen molar-refractivity contribution in [1.82, 2.24) is 0 Å². The molecular formula is C14H11FN2O2S. The van der Waals surface area contributed by atoms with Gasteiger partial charge in [0.1, 0.15) is 5.82 Å². The lowest BCUT2D eigenvalue weighted by molar-refractivity contribution is 0.600. The lowest BCUT2D eigenvalue weighted by Gasteiger charge is -2.09. The van der Waals surface area contributed by atoms with E-state index in [1.54, 1.807) is 24.3 Å². The standard InChI is InChI=1S/C14H11FN2O2S/c15-13-6-3-7-14(8-13)17-20(18,19)10-12-5-2-1-4-11(12)9-16/h1-8,17H,10H2. The van der Waals surface area contributed by atoms with Crippen molar-refractivity contribution in [3.8, 4) is 6.07 Å². The van der Waals surface area contributed by atoms with Crippen LogP contribution >= 0.6 is 0 Å². The maximum atomic E-state index is 13.0. The molecule has 0 saturated carbocycles. The summed E-state index contributed by atoms with van der Waals surface area (Å²) in [7, 11) is -3.70. The zero-order chi connectivity index (χ0) is 14.6. The van der Waals surface area contributed by atoms with Crippen LogP contribution < -0.4 is 4.72 Å². The van der Waals surface area contributed by atoms with E-state index in [9.17, 15) is 12.8 Å². The number of rotatable bonds is 4. The van der Waals surface area contributed by atoms with Gasteiger partial charge in [0.05, 0.1) is 23.1 Å².